The van der Waals surface area contributed by atoms with E-state index in [-0.39, 0.29) is 12.8 Å². The van der Waals surface area contributed by atoms with E-state index in [2.05, 4.69) is 13.8 Å². The molecule has 0 aliphatic carbocycles. The molecular weight excluding hydrogens is 532 g/mol. The minimum absolute atomic E-state index is 0.171. The summed E-state index contributed by atoms with van der Waals surface area (Å²) in [6.45, 7) is 5.90. The van der Waals surface area contributed by atoms with Crippen molar-refractivity contribution in [2.75, 3.05) is 0 Å². The van der Waals surface area contributed by atoms with Crippen molar-refractivity contribution in [1.29, 1.82) is 0 Å². The minimum atomic E-state index is -2.23. The maximum atomic E-state index is 12.8. The summed E-state index contributed by atoms with van der Waals surface area (Å²) in [6.07, 6.45) is 36.5. The highest BCUT2D eigenvalue weighted by Crippen LogP contribution is 2.22. The third-order valence-corrected chi connectivity index (χ3v) is 9.47. The summed E-state index contributed by atoms with van der Waals surface area (Å²) in [4.78, 5) is 25.6. The highest BCUT2D eigenvalue weighted by Gasteiger charge is 2.46. The van der Waals surface area contributed by atoms with Crippen molar-refractivity contribution in [3.8, 4) is 0 Å². The summed E-state index contributed by atoms with van der Waals surface area (Å²) in [7, 11) is 0. The topological polar surface area (TPSA) is 74.6 Å². The summed E-state index contributed by atoms with van der Waals surface area (Å²) in [6, 6.07) is 0. The lowest BCUT2D eigenvalue weighted by Crippen LogP contribution is -2.54. The third-order valence-electron chi connectivity index (χ3n) is 9.47. The molecule has 0 heterocycles. The predicted octanol–water partition coefficient (Wildman–Crippen LogP) is 11.8. The van der Waals surface area contributed by atoms with Gasteiger partial charge in [0, 0.05) is 12.8 Å². The van der Waals surface area contributed by atoms with Crippen LogP contribution in [0.2, 0.25) is 0 Å². The zero-order chi connectivity index (χ0) is 31.9. The van der Waals surface area contributed by atoms with E-state index in [1.54, 1.807) is 0 Å². The van der Waals surface area contributed by atoms with Crippen LogP contribution in [0.15, 0.2) is 0 Å². The molecule has 0 spiro atoms. The van der Waals surface area contributed by atoms with Crippen molar-refractivity contribution < 1.29 is 19.8 Å². The molecule has 4 nitrogen and oxygen atoms in total. The second kappa shape index (κ2) is 31.3. The number of rotatable bonds is 35. The van der Waals surface area contributed by atoms with E-state index >= 15 is 0 Å². The number of unbranched alkanes of at least 4 members (excludes halogenated alkanes) is 28. The fourth-order valence-corrected chi connectivity index (χ4v) is 6.32. The molecule has 1 unspecified atom stereocenters. The first-order valence-corrected chi connectivity index (χ1v) is 19.4. The quantitative estimate of drug-likeness (QED) is 0.0554. The van der Waals surface area contributed by atoms with Gasteiger partial charge in [0.05, 0.1) is 6.10 Å². The number of carbonyl (C=O) groups excluding carboxylic acids is 2. The average molecular weight is 609 g/mol. The number of aliphatic hydroxyl groups is 2. The zero-order valence-electron chi connectivity index (χ0n) is 29.4. The van der Waals surface area contributed by atoms with Crippen molar-refractivity contribution in [1.82, 2.24) is 0 Å². The Kier molecular flexibility index (Phi) is 30.7. The highest BCUT2D eigenvalue weighted by atomic mass is 16.4. The highest BCUT2D eigenvalue weighted by molar-refractivity contribution is 6.10. The lowest BCUT2D eigenvalue weighted by atomic mass is 9.83. The SMILES string of the molecule is CCCCCCCCCCCCCCCCCC(=O)C(O)(C(=O)CCCCCCCCCCCCCCCCC)C(C)O. The largest absolute Gasteiger partial charge is 0.389 e. The van der Waals surface area contributed by atoms with Crippen LogP contribution in [0.4, 0.5) is 0 Å². The van der Waals surface area contributed by atoms with Crippen molar-refractivity contribution in [3.63, 3.8) is 0 Å². The van der Waals surface area contributed by atoms with Crippen LogP contribution in [0, 0.1) is 0 Å². The molecule has 0 aliphatic rings. The van der Waals surface area contributed by atoms with Gasteiger partial charge in [-0.1, -0.05) is 194 Å². The van der Waals surface area contributed by atoms with Gasteiger partial charge in [0.2, 0.25) is 5.60 Å². The summed E-state index contributed by atoms with van der Waals surface area (Å²) in [5.41, 5.74) is -2.23. The monoisotopic (exact) mass is 609 g/mol. The number of hydrogen-bond acceptors (Lipinski definition) is 4. The molecule has 0 aromatic heterocycles. The Morgan fingerprint density at radius 1 is 0.419 bits per heavy atom. The molecular formula is C39H76O4. The van der Waals surface area contributed by atoms with Gasteiger partial charge in [-0.2, -0.15) is 0 Å². The molecule has 0 bridgehead atoms. The van der Waals surface area contributed by atoms with Gasteiger partial charge in [0.1, 0.15) is 0 Å². The minimum Gasteiger partial charge on any atom is -0.389 e. The molecule has 43 heavy (non-hydrogen) atoms. The molecule has 0 radical (unpaired) electrons. The van der Waals surface area contributed by atoms with E-state index in [4.69, 9.17) is 0 Å². The molecule has 0 aromatic carbocycles. The van der Waals surface area contributed by atoms with Crippen molar-refractivity contribution in [3.05, 3.63) is 0 Å². The van der Waals surface area contributed by atoms with Gasteiger partial charge in [-0.3, -0.25) is 9.59 Å². The maximum Gasteiger partial charge on any atom is 0.206 e. The van der Waals surface area contributed by atoms with Gasteiger partial charge in [-0.15, -0.1) is 0 Å². The van der Waals surface area contributed by atoms with Crippen LogP contribution in [-0.4, -0.2) is 33.5 Å². The van der Waals surface area contributed by atoms with E-state index in [0.717, 1.165) is 25.7 Å². The molecule has 0 fully saturated rings. The Morgan fingerprint density at radius 2 is 0.605 bits per heavy atom. The van der Waals surface area contributed by atoms with Gasteiger partial charge in [-0.25, -0.2) is 0 Å². The van der Waals surface area contributed by atoms with Crippen LogP contribution >= 0.6 is 0 Å². The Bertz CT molecular complexity index is 568. The van der Waals surface area contributed by atoms with E-state index < -0.39 is 23.3 Å². The fourth-order valence-electron chi connectivity index (χ4n) is 6.32. The number of hydrogen-bond donors (Lipinski definition) is 2. The van der Waals surface area contributed by atoms with Crippen molar-refractivity contribution in [2.45, 2.75) is 238 Å². The first-order valence-electron chi connectivity index (χ1n) is 19.4. The molecule has 0 amide bonds. The van der Waals surface area contributed by atoms with Crippen LogP contribution in [0.3, 0.4) is 0 Å². The molecule has 2 N–H and O–H groups in total. The van der Waals surface area contributed by atoms with E-state index in [1.165, 1.54) is 161 Å². The van der Waals surface area contributed by atoms with Gasteiger partial charge in [-0.05, 0) is 19.8 Å². The van der Waals surface area contributed by atoms with E-state index in [0.29, 0.717) is 12.8 Å². The van der Waals surface area contributed by atoms with Gasteiger partial charge in [0.25, 0.3) is 0 Å². The molecule has 0 saturated heterocycles. The first kappa shape index (κ1) is 42.3. The van der Waals surface area contributed by atoms with Gasteiger partial charge in [0.15, 0.2) is 11.6 Å². The van der Waals surface area contributed by atoms with Crippen LogP contribution in [0.5, 0.6) is 0 Å². The van der Waals surface area contributed by atoms with Crippen molar-refractivity contribution in [2.24, 2.45) is 0 Å². The van der Waals surface area contributed by atoms with Crippen LogP contribution in [-0.2, 0) is 9.59 Å². The van der Waals surface area contributed by atoms with Crippen molar-refractivity contribution >= 4 is 11.6 Å². The lowest BCUT2D eigenvalue weighted by Gasteiger charge is -2.28. The molecule has 256 valence electrons. The average Bonchev–Trinajstić information content (AvgIpc) is 3.00. The fraction of sp³-hybridized carbons (Fsp3) is 0.949. The molecule has 0 aliphatic heterocycles. The summed E-state index contributed by atoms with van der Waals surface area (Å²) < 4.78 is 0. The normalized spacial score (nSPS) is 12.6. The number of aliphatic hydroxyl groups excluding tert-OH is 1. The molecule has 1 atom stereocenters. The summed E-state index contributed by atoms with van der Waals surface area (Å²) in [5, 5.41) is 21.1. The number of ketones is 2. The maximum absolute atomic E-state index is 12.8. The second-order valence-electron chi connectivity index (χ2n) is 13.7. The first-order chi connectivity index (χ1) is 20.9. The standard InChI is InChI=1S/C39H76O4/c1-4-6-8-10-12-14-16-18-20-22-24-26-28-30-32-34-37(41)39(43,36(3)40)38(42)35-33-31-29-27-25-23-21-19-17-15-13-11-9-7-5-2/h36,40,43H,4-35H2,1-3H3. The molecule has 4 heteroatoms. The Morgan fingerprint density at radius 3 is 0.791 bits per heavy atom. The Balaban J connectivity index is 3.80. The third kappa shape index (κ3) is 24.2. The zero-order valence-corrected chi connectivity index (χ0v) is 29.4. The van der Waals surface area contributed by atoms with Crippen LogP contribution in [0.1, 0.15) is 226 Å². The van der Waals surface area contributed by atoms with Gasteiger partial charge < -0.3 is 10.2 Å². The molecule has 0 rings (SSSR count). The molecule has 0 aromatic rings. The Hall–Kier alpha value is -0.740. The molecule has 0 saturated carbocycles. The smallest absolute Gasteiger partial charge is 0.206 e. The predicted molar refractivity (Wildman–Crippen MR) is 186 cm³/mol. The summed E-state index contributed by atoms with van der Waals surface area (Å²) in [5.74, 6) is -0.994. The van der Waals surface area contributed by atoms with E-state index in [1.807, 2.05) is 0 Å². The van der Waals surface area contributed by atoms with E-state index in [9.17, 15) is 19.8 Å². The lowest BCUT2D eigenvalue weighted by molar-refractivity contribution is -0.162. The number of carbonyl (C=O) groups is 2. The Labute approximate surface area is 269 Å². The second-order valence-corrected chi connectivity index (χ2v) is 13.7. The van der Waals surface area contributed by atoms with Crippen LogP contribution < -0.4 is 0 Å². The van der Waals surface area contributed by atoms with Gasteiger partial charge >= 0.3 is 0 Å². The summed E-state index contributed by atoms with van der Waals surface area (Å²) >= 11 is 0. The number of Topliss-reactive ketones (excluding diaryl/α,β-unsaturated/α-hetero) is 2. The van der Waals surface area contributed by atoms with Crippen LogP contribution in [0.25, 0.3) is 0 Å².